The Morgan fingerprint density at radius 2 is 1.95 bits per heavy atom. The van der Waals surface area contributed by atoms with Gasteiger partial charge in [-0.3, -0.25) is 14.6 Å². The van der Waals surface area contributed by atoms with Gasteiger partial charge in [-0.2, -0.15) is 13.2 Å². The third-order valence-electron chi connectivity index (χ3n) is 6.20. The van der Waals surface area contributed by atoms with Crippen LogP contribution < -0.4 is 11.1 Å². The zero-order valence-corrected chi connectivity index (χ0v) is 21.1. The molecular formula is C28H24F3N5O4. The summed E-state index contributed by atoms with van der Waals surface area (Å²) in [6.07, 6.45) is 1.67. The fourth-order valence-corrected chi connectivity index (χ4v) is 4.20. The van der Waals surface area contributed by atoms with E-state index in [9.17, 15) is 22.8 Å². The molecule has 3 aromatic heterocycles. The molecule has 0 saturated carbocycles. The predicted octanol–water partition coefficient (Wildman–Crippen LogP) is 4.64. The van der Waals surface area contributed by atoms with Crippen LogP contribution in [0.2, 0.25) is 0 Å². The van der Waals surface area contributed by atoms with Gasteiger partial charge >= 0.3 is 6.18 Å². The molecule has 2 amide bonds. The molecule has 0 bridgehead atoms. The fraction of sp³-hybridized carbons (Fsp3) is 0.214. The quantitative estimate of drug-likeness (QED) is 0.335. The Morgan fingerprint density at radius 3 is 2.62 bits per heavy atom. The first kappa shape index (κ1) is 26.9. The molecule has 0 radical (unpaired) electrons. The molecule has 1 saturated heterocycles. The van der Waals surface area contributed by atoms with Gasteiger partial charge in [0.1, 0.15) is 23.9 Å². The zero-order valence-electron chi connectivity index (χ0n) is 21.1. The highest BCUT2D eigenvalue weighted by Gasteiger charge is 2.35. The molecule has 0 unspecified atom stereocenters. The number of alkyl halides is 3. The average molecular weight is 552 g/mol. The van der Waals surface area contributed by atoms with Crippen molar-refractivity contribution < 1.29 is 31.9 Å². The topological polar surface area (TPSA) is 124 Å². The zero-order chi connectivity index (χ0) is 28.3. The summed E-state index contributed by atoms with van der Waals surface area (Å²) >= 11 is 0. The molecule has 40 heavy (non-hydrogen) atoms. The van der Waals surface area contributed by atoms with Crippen LogP contribution in [0.3, 0.4) is 0 Å². The van der Waals surface area contributed by atoms with Crippen molar-refractivity contribution >= 4 is 34.7 Å². The number of aromatic nitrogens is 2. The summed E-state index contributed by atoms with van der Waals surface area (Å²) in [6.45, 7) is 1.21. The number of nitrogen functional groups attached to an aromatic ring is 1. The van der Waals surface area contributed by atoms with Gasteiger partial charge in [0, 0.05) is 36.0 Å². The Balaban J connectivity index is 1.35. The van der Waals surface area contributed by atoms with Crippen molar-refractivity contribution in [2.75, 3.05) is 25.6 Å². The van der Waals surface area contributed by atoms with Crippen LogP contribution in [-0.4, -0.2) is 46.6 Å². The fourth-order valence-electron chi connectivity index (χ4n) is 4.20. The van der Waals surface area contributed by atoms with Crippen molar-refractivity contribution in [2.24, 2.45) is 0 Å². The van der Waals surface area contributed by atoms with Crippen LogP contribution in [0.5, 0.6) is 0 Å². The second-order valence-corrected chi connectivity index (χ2v) is 9.11. The maximum atomic E-state index is 14.0. The third-order valence-corrected chi connectivity index (χ3v) is 6.20. The number of nitrogens with two attached hydrogens (primary N) is 1. The number of anilines is 1. The molecule has 1 aromatic carbocycles. The minimum Gasteiger partial charge on any atom is -0.459 e. The van der Waals surface area contributed by atoms with E-state index in [0.717, 1.165) is 12.5 Å². The first-order valence-electron chi connectivity index (χ1n) is 12.3. The Labute approximate surface area is 226 Å². The minimum absolute atomic E-state index is 0.125. The second-order valence-electron chi connectivity index (χ2n) is 9.11. The number of hydrogen-bond acceptors (Lipinski definition) is 7. The van der Waals surface area contributed by atoms with Crippen molar-refractivity contribution in [1.82, 2.24) is 20.2 Å². The summed E-state index contributed by atoms with van der Waals surface area (Å²) in [4.78, 5) is 34.6. The highest BCUT2D eigenvalue weighted by Crippen LogP contribution is 2.39. The van der Waals surface area contributed by atoms with Crippen LogP contribution in [0, 0.1) is 0 Å². The summed E-state index contributed by atoms with van der Waals surface area (Å²) in [5, 5.41) is 2.79. The highest BCUT2D eigenvalue weighted by atomic mass is 19.4. The maximum absolute atomic E-state index is 14.0. The van der Waals surface area contributed by atoms with E-state index in [4.69, 9.17) is 14.9 Å². The second kappa shape index (κ2) is 11.2. The van der Waals surface area contributed by atoms with Crippen LogP contribution >= 0.6 is 0 Å². The number of amides is 2. The van der Waals surface area contributed by atoms with Gasteiger partial charge in [0.05, 0.1) is 30.0 Å². The first-order valence-corrected chi connectivity index (χ1v) is 12.3. The van der Waals surface area contributed by atoms with Crippen LogP contribution in [0.4, 0.5) is 19.0 Å². The molecule has 206 valence electrons. The van der Waals surface area contributed by atoms with Gasteiger partial charge in [-0.15, -0.1) is 0 Å². The van der Waals surface area contributed by atoms with Gasteiger partial charge < -0.3 is 25.1 Å². The number of carbonyl (C=O) groups is 2. The standard InChI is InChI=1S/C28H24F3N5O4/c29-28(30,31)22-12-19(23-5-4-18(14-33-23)27(38)36-8-1-9-39-16-36)10-20-11-21(40-26(20)22)15-35-25(37)7-3-17-2-6-24(32)34-13-17/h2-7,10-14H,1,8-9,15-16H2,(H2,32,34)(H,35,37)/b7-3+. The van der Waals surface area contributed by atoms with E-state index in [-0.39, 0.29) is 47.2 Å². The van der Waals surface area contributed by atoms with Gasteiger partial charge in [-0.1, -0.05) is 0 Å². The van der Waals surface area contributed by atoms with E-state index >= 15 is 0 Å². The number of furan rings is 1. The molecule has 1 aliphatic rings. The molecule has 12 heteroatoms. The van der Waals surface area contributed by atoms with E-state index < -0.39 is 17.6 Å². The molecule has 0 atom stereocenters. The normalized spacial score (nSPS) is 14.1. The lowest BCUT2D eigenvalue weighted by atomic mass is 10.0. The van der Waals surface area contributed by atoms with E-state index in [1.54, 1.807) is 17.0 Å². The summed E-state index contributed by atoms with van der Waals surface area (Å²) < 4.78 is 52.7. The maximum Gasteiger partial charge on any atom is 0.420 e. The molecular weight excluding hydrogens is 527 g/mol. The number of benzene rings is 1. The number of pyridine rings is 2. The summed E-state index contributed by atoms with van der Waals surface area (Å²) in [7, 11) is 0. The molecule has 4 heterocycles. The SMILES string of the molecule is Nc1ccc(/C=C/C(=O)NCc2cc3cc(-c4ccc(C(=O)N5CCCOC5)cn4)cc(C(F)(F)F)c3o2)cn1. The molecule has 5 rings (SSSR count). The number of nitrogens with one attached hydrogen (secondary N) is 1. The van der Waals surface area contributed by atoms with Crippen LogP contribution in [-0.2, 0) is 22.3 Å². The molecule has 0 spiro atoms. The smallest absolute Gasteiger partial charge is 0.420 e. The lowest BCUT2D eigenvalue weighted by Gasteiger charge is -2.26. The van der Waals surface area contributed by atoms with E-state index in [1.807, 2.05) is 0 Å². The minimum atomic E-state index is -4.70. The van der Waals surface area contributed by atoms with Crippen molar-refractivity contribution in [2.45, 2.75) is 19.1 Å². The number of carbonyl (C=O) groups excluding carboxylic acids is 2. The van der Waals surface area contributed by atoms with E-state index in [2.05, 4.69) is 15.3 Å². The van der Waals surface area contributed by atoms with Gasteiger partial charge in [0.2, 0.25) is 5.91 Å². The van der Waals surface area contributed by atoms with E-state index in [0.29, 0.717) is 30.1 Å². The molecule has 3 N–H and O–H groups in total. The third kappa shape index (κ3) is 6.12. The Kier molecular flexibility index (Phi) is 7.52. The van der Waals surface area contributed by atoms with Crippen LogP contribution in [0.1, 0.15) is 33.7 Å². The monoisotopic (exact) mass is 551 g/mol. The Morgan fingerprint density at radius 1 is 1.10 bits per heavy atom. The summed E-state index contributed by atoms with van der Waals surface area (Å²) in [6, 6.07) is 10.2. The first-order chi connectivity index (χ1) is 19.2. The molecule has 0 aliphatic carbocycles. The lowest BCUT2D eigenvalue weighted by Crippen LogP contribution is -2.38. The van der Waals surface area contributed by atoms with Crippen molar-refractivity contribution in [3.8, 4) is 11.3 Å². The average Bonchev–Trinajstić information content (AvgIpc) is 3.38. The van der Waals surface area contributed by atoms with Crippen molar-refractivity contribution in [3.63, 3.8) is 0 Å². The number of fused-ring (bicyclic) bond motifs is 1. The van der Waals surface area contributed by atoms with Gasteiger partial charge in [0.15, 0.2) is 0 Å². The van der Waals surface area contributed by atoms with Crippen LogP contribution in [0.25, 0.3) is 28.3 Å². The predicted molar refractivity (Wildman–Crippen MR) is 140 cm³/mol. The van der Waals surface area contributed by atoms with Gasteiger partial charge in [-0.05, 0) is 60.5 Å². The van der Waals surface area contributed by atoms with Crippen molar-refractivity contribution in [1.29, 1.82) is 0 Å². The molecule has 4 aromatic rings. The number of rotatable bonds is 6. The van der Waals surface area contributed by atoms with Gasteiger partial charge in [-0.25, -0.2) is 4.98 Å². The number of ether oxygens (including phenoxy) is 1. The largest absolute Gasteiger partial charge is 0.459 e. The Hall–Kier alpha value is -4.71. The van der Waals surface area contributed by atoms with Crippen molar-refractivity contribution in [3.05, 3.63) is 83.4 Å². The molecule has 9 nitrogen and oxygen atoms in total. The number of hydrogen-bond donors (Lipinski definition) is 2. The Bertz CT molecular complexity index is 1560. The van der Waals surface area contributed by atoms with E-state index in [1.165, 1.54) is 48.8 Å². The van der Waals surface area contributed by atoms with Crippen LogP contribution in [0.15, 0.2) is 65.4 Å². The number of nitrogens with zero attached hydrogens (tertiary/aromatic N) is 3. The molecule has 1 fully saturated rings. The summed E-state index contributed by atoms with van der Waals surface area (Å²) in [5.41, 5.74) is 5.65. The lowest BCUT2D eigenvalue weighted by molar-refractivity contribution is -0.136. The summed E-state index contributed by atoms with van der Waals surface area (Å²) in [5.74, 6) is -0.235. The molecule has 1 aliphatic heterocycles. The van der Waals surface area contributed by atoms with Gasteiger partial charge in [0.25, 0.3) is 5.91 Å². The number of halogens is 3. The highest BCUT2D eigenvalue weighted by molar-refractivity contribution is 5.94.